The summed E-state index contributed by atoms with van der Waals surface area (Å²) >= 11 is 0. The highest BCUT2D eigenvalue weighted by molar-refractivity contribution is 5.94. The lowest BCUT2D eigenvalue weighted by Gasteiger charge is -2.33. The van der Waals surface area contributed by atoms with E-state index in [-0.39, 0.29) is 18.7 Å². The number of rotatable bonds is 6. The minimum Gasteiger partial charge on any atom is -0.458 e. The van der Waals surface area contributed by atoms with Crippen molar-refractivity contribution in [2.45, 2.75) is 98.0 Å². The van der Waals surface area contributed by atoms with Crippen molar-refractivity contribution in [1.29, 1.82) is 0 Å². The van der Waals surface area contributed by atoms with Crippen LogP contribution in [0.15, 0.2) is 12.2 Å². The van der Waals surface area contributed by atoms with Gasteiger partial charge in [0.05, 0.1) is 0 Å². The van der Waals surface area contributed by atoms with E-state index in [1.165, 1.54) is 11.0 Å². The van der Waals surface area contributed by atoms with Crippen LogP contribution in [0.25, 0.3) is 0 Å². The van der Waals surface area contributed by atoms with Crippen molar-refractivity contribution in [1.82, 2.24) is 9.80 Å². The molecule has 0 radical (unpaired) electrons. The Morgan fingerprint density at radius 1 is 0.750 bits per heavy atom. The molecule has 3 amide bonds. The number of carbonyl (C=O) groups excluding carboxylic acids is 4. The van der Waals surface area contributed by atoms with Crippen LogP contribution >= 0.6 is 0 Å². The molecule has 0 fully saturated rings. The number of allylic oxidation sites excluding steroid dienone is 1. The number of hydrogen-bond donors (Lipinski definition) is 0. The second-order valence-electron chi connectivity index (χ2n) is 10.6. The summed E-state index contributed by atoms with van der Waals surface area (Å²) in [5.74, 6) is -1.00. The molecule has 32 heavy (non-hydrogen) atoms. The van der Waals surface area contributed by atoms with Crippen LogP contribution in [0.1, 0.15) is 75.2 Å². The number of ether oxygens (including phenoxy) is 3. The zero-order chi connectivity index (χ0) is 25.5. The highest BCUT2D eigenvalue weighted by Crippen LogP contribution is 2.22. The van der Waals surface area contributed by atoms with Crippen LogP contribution in [0.2, 0.25) is 0 Å². The Morgan fingerprint density at radius 2 is 1.16 bits per heavy atom. The van der Waals surface area contributed by atoms with E-state index in [1.807, 2.05) is 0 Å². The Kier molecular flexibility index (Phi) is 10.4. The van der Waals surface area contributed by atoms with Crippen LogP contribution in [0, 0.1) is 0 Å². The van der Waals surface area contributed by atoms with Gasteiger partial charge in [0.2, 0.25) is 5.91 Å². The summed E-state index contributed by atoms with van der Waals surface area (Å²) in [4.78, 5) is 52.7. The maximum Gasteiger partial charge on any atom is 0.420 e. The van der Waals surface area contributed by atoms with E-state index < -0.39 is 41.0 Å². The number of likely N-dealkylation sites (N-methyl/N-ethyl adjacent to an activating group) is 1. The highest BCUT2D eigenvalue weighted by atomic mass is 16.6. The molecular weight excluding hydrogens is 416 g/mol. The molecule has 0 aliphatic carbocycles. The van der Waals surface area contributed by atoms with E-state index in [4.69, 9.17) is 14.2 Å². The van der Waals surface area contributed by atoms with Gasteiger partial charge in [-0.25, -0.2) is 14.4 Å². The zero-order valence-corrected chi connectivity index (χ0v) is 21.4. The number of imide groups is 1. The molecule has 0 saturated carbocycles. The van der Waals surface area contributed by atoms with Crippen LogP contribution in [0.4, 0.5) is 9.59 Å². The van der Waals surface area contributed by atoms with Gasteiger partial charge >= 0.3 is 18.2 Å². The van der Waals surface area contributed by atoms with Gasteiger partial charge in [-0.2, -0.15) is 4.90 Å². The first kappa shape index (κ1) is 29.4. The molecule has 0 bridgehead atoms. The first-order valence-electron chi connectivity index (χ1n) is 10.6. The third-order valence-corrected chi connectivity index (χ3v) is 3.48. The van der Waals surface area contributed by atoms with Crippen LogP contribution in [0.3, 0.4) is 0 Å². The molecule has 0 aromatic heterocycles. The molecule has 0 rings (SSSR count). The maximum atomic E-state index is 13.0. The Hall–Kier alpha value is -2.58. The Labute approximate surface area is 192 Å². The topological polar surface area (TPSA) is 102 Å². The fourth-order valence-corrected chi connectivity index (χ4v) is 2.26. The van der Waals surface area contributed by atoms with Gasteiger partial charge in [-0.1, -0.05) is 6.08 Å². The van der Waals surface area contributed by atoms with Crippen LogP contribution in [-0.2, 0) is 23.8 Å². The van der Waals surface area contributed by atoms with Crippen molar-refractivity contribution in [2.75, 3.05) is 14.1 Å². The fraction of sp³-hybridized carbons (Fsp3) is 0.739. The molecule has 0 aliphatic rings. The standard InChI is InChI=1S/C23H40N2O7/c1-21(2,3)30-18(27)16(14-12-13-15-17(26)24(10)11)25(19(28)31-22(4,5)6)20(29)32-23(7,8)9/h13,15-16H,12,14H2,1-11H3/b15-13+. The Balaban J connectivity index is 6.05. The molecule has 9 nitrogen and oxygen atoms in total. The predicted octanol–water partition coefficient (Wildman–Crippen LogP) is 4.29. The van der Waals surface area contributed by atoms with Crippen LogP contribution in [0.5, 0.6) is 0 Å². The largest absolute Gasteiger partial charge is 0.458 e. The van der Waals surface area contributed by atoms with E-state index in [9.17, 15) is 19.2 Å². The average Bonchev–Trinajstić information content (AvgIpc) is 2.51. The maximum absolute atomic E-state index is 13.0. The van der Waals surface area contributed by atoms with Crippen LogP contribution < -0.4 is 0 Å². The summed E-state index contributed by atoms with van der Waals surface area (Å²) in [6, 6.07) is -1.31. The van der Waals surface area contributed by atoms with Gasteiger partial charge in [0.15, 0.2) is 0 Å². The quantitative estimate of drug-likeness (QED) is 0.334. The predicted molar refractivity (Wildman–Crippen MR) is 121 cm³/mol. The molecule has 0 aromatic rings. The summed E-state index contributed by atoms with van der Waals surface area (Å²) in [7, 11) is 3.23. The van der Waals surface area contributed by atoms with Crippen molar-refractivity contribution >= 4 is 24.1 Å². The van der Waals surface area contributed by atoms with Gasteiger partial charge in [-0.15, -0.1) is 0 Å². The number of amides is 3. The molecule has 9 heteroatoms. The first-order chi connectivity index (χ1) is 14.2. The smallest absolute Gasteiger partial charge is 0.420 e. The van der Waals surface area contributed by atoms with Gasteiger partial charge < -0.3 is 19.1 Å². The summed E-state index contributed by atoms with van der Waals surface area (Å²) in [6.45, 7) is 14.9. The van der Waals surface area contributed by atoms with E-state index in [1.54, 1.807) is 82.5 Å². The third-order valence-electron chi connectivity index (χ3n) is 3.48. The molecule has 184 valence electrons. The lowest BCUT2D eigenvalue weighted by atomic mass is 10.1. The average molecular weight is 457 g/mol. The third kappa shape index (κ3) is 12.3. The molecular formula is C23H40N2O7. The normalized spacial score (nSPS) is 13.3. The fourth-order valence-electron chi connectivity index (χ4n) is 2.26. The number of esters is 1. The lowest BCUT2D eigenvalue weighted by Crippen LogP contribution is -2.53. The first-order valence-corrected chi connectivity index (χ1v) is 10.6. The second kappa shape index (κ2) is 11.3. The van der Waals surface area contributed by atoms with Gasteiger partial charge in [0.25, 0.3) is 0 Å². The molecule has 1 atom stereocenters. The van der Waals surface area contributed by atoms with Gasteiger partial charge in [-0.3, -0.25) is 4.79 Å². The minimum absolute atomic E-state index is 0.0185. The van der Waals surface area contributed by atoms with Crippen molar-refractivity contribution in [3.05, 3.63) is 12.2 Å². The van der Waals surface area contributed by atoms with Gasteiger partial charge in [0.1, 0.15) is 22.8 Å². The molecule has 0 N–H and O–H groups in total. The Morgan fingerprint density at radius 3 is 1.50 bits per heavy atom. The minimum atomic E-state index is -1.31. The molecule has 0 aliphatic heterocycles. The molecule has 0 spiro atoms. The second-order valence-corrected chi connectivity index (χ2v) is 10.6. The number of carbonyl (C=O) groups is 4. The van der Waals surface area contributed by atoms with Crippen molar-refractivity contribution in [2.24, 2.45) is 0 Å². The molecule has 0 aromatic carbocycles. The molecule has 1 unspecified atom stereocenters. The van der Waals surface area contributed by atoms with Crippen molar-refractivity contribution in [3.63, 3.8) is 0 Å². The Bertz CT molecular complexity index is 679. The summed E-state index contributed by atoms with van der Waals surface area (Å²) in [5, 5.41) is 0. The van der Waals surface area contributed by atoms with Gasteiger partial charge in [0, 0.05) is 14.1 Å². The van der Waals surface area contributed by atoms with Crippen molar-refractivity contribution in [3.8, 4) is 0 Å². The SMILES string of the molecule is CN(C)C(=O)/C=C/CCC(C(=O)OC(C)(C)C)N(C(=O)OC(C)(C)C)C(=O)OC(C)(C)C. The zero-order valence-electron chi connectivity index (χ0n) is 21.4. The van der Waals surface area contributed by atoms with E-state index in [2.05, 4.69) is 0 Å². The summed E-state index contributed by atoms with van der Waals surface area (Å²) in [6.07, 6.45) is 1.14. The van der Waals surface area contributed by atoms with Crippen LogP contribution in [-0.4, -0.2) is 70.8 Å². The van der Waals surface area contributed by atoms with E-state index >= 15 is 0 Å². The highest BCUT2D eigenvalue weighted by Gasteiger charge is 2.41. The van der Waals surface area contributed by atoms with Crippen molar-refractivity contribution < 1.29 is 33.4 Å². The molecule has 0 saturated heterocycles. The molecule has 0 heterocycles. The lowest BCUT2D eigenvalue weighted by molar-refractivity contribution is -0.161. The number of hydrogen-bond acceptors (Lipinski definition) is 7. The summed E-state index contributed by atoms with van der Waals surface area (Å²) < 4.78 is 16.2. The number of nitrogens with zero attached hydrogens (tertiary/aromatic N) is 2. The van der Waals surface area contributed by atoms with E-state index in [0.29, 0.717) is 4.90 Å². The summed E-state index contributed by atoms with van der Waals surface area (Å²) in [5.41, 5.74) is -2.67. The van der Waals surface area contributed by atoms with Gasteiger partial charge in [-0.05, 0) is 81.2 Å². The van der Waals surface area contributed by atoms with E-state index in [0.717, 1.165) is 0 Å². The monoisotopic (exact) mass is 456 g/mol.